The first-order valence-corrected chi connectivity index (χ1v) is 12.5. The van der Waals surface area contributed by atoms with Crippen LogP contribution in [0.4, 0.5) is 11.4 Å². The molecular formula is C27H28BrN3O3S. The molecule has 0 aliphatic heterocycles. The quantitative estimate of drug-likeness (QED) is 0.275. The van der Waals surface area contributed by atoms with Crippen LogP contribution in [0.5, 0.6) is 5.75 Å². The van der Waals surface area contributed by atoms with Gasteiger partial charge in [0.2, 0.25) is 5.91 Å². The maximum atomic E-state index is 12.9. The van der Waals surface area contributed by atoms with Gasteiger partial charge in [0.1, 0.15) is 5.75 Å². The van der Waals surface area contributed by atoms with Gasteiger partial charge in [-0.2, -0.15) is 0 Å². The number of halogens is 1. The zero-order valence-corrected chi connectivity index (χ0v) is 22.0. The summed E-state index contributed by atoms with van der Waals surface area (Å²) in [5.41, 5.74) is 2.92. The number of anilines is 2. The molecule has 182 valence electrons. The number of carbonyl (C=O) groups excluding carboxylic acids is 2. The predicted molar refractivity (Wildman–Crippen MR) is 148 cm³/mol. The van der Waals surface area contributed by atoms with Crippen molar-refractivity contribution in [2.75, 3.05) is 17.2 Å². The Kier molecular flexibility index (Phi) is 9.81. The highest BCUT2D eigenvalue weighted by Gasteiger charge is 2.15. The largest absolute Gasteiger partial charge is 0.492 e. The molecule has 0 atom stereocenters. The molecule has 3 aromatic rings. The molecular weight excluding hydrogens is 526 g/mol. The molecule has 0 saturated carbocycles. The number of hydrogen-bond acceptors (Lipinski definition) is 4. The Bertz CT molecular complexity index is 1170. The van der Waals surface area contributed by atoms with E-state index in [0.29, 0.717) is 35.7 Å². The van der Waals surface area contributed by atoms with E-state index in [-0.39, 0.29) is 22.8 Å². The first-order valence-electron chi connectivity index (χ1n) is 11.3. The molecule has 0 radical (unpaired) electrons. The third-order valence-electron chi connectivity index (χ3n) is 4.92. The number of ether oxygens (including phenoxy) is 1. The van der Waals surface area contributed by atoms with E-state index in [0.717, 1.165) is 16.5 Å². The van der Waals surface area contributed by atoms with Gasteiger partial charge in [-0.15, -0.1) is 0 Å². The maximum absolute atomic E-state index is 12.9. The molecule has 3 N–H and O–H groups in total. The van der Waals surface area contributed by atoms with Crippen molar-refractivity contribution in [2.45, 2.75) is 26.7 Å². The first kappa shape index (κ1) is 26.4. The predicted octanol–water partition coefficient (Wildman–Crippen LogP) is 6.18. The van der Waals surface area contributed by atoms with Crippen LogP contribution in [-0.2, 0) is 11.2 Å². The molecule has 0 fully saturated rings. The molecule has 0 spiro atoms. The number of thiocarbonyl (C=S) groups is 1. The molecule has 0 unspecified atom stereocenters. The van der Waals surface area contributed by atoms with Crippen molar-refractivity contribution in [1.82, 2.24) is 5.32 Å². The summed E-state index contributed by atoms with van der Waals surface area (Å²) in [5.74, 6) is 0.359. The van der Waals surface area contributed by atoms with Crippen molar-refractivity contribution in [3.63, 3.8) is 0 Å². The SMILES string of the molecule is CC(C)CC(=O)Nc1ccc(NC(=S)NC(=O)c2cc(Br)ccc2OCCc2ccccc2)cc1. The van der Waals surface area contributed by atoms with Gasteiger partial charge in [0.05, 0.1) is 12.2 Å². The summed E-state index contributed by atoms with van der Waals surface area (Å²) in [6.45, 7) is 4.43. The van der Waals surface area contributed by atoms with Gasteiger partial charge in [-0.05, 0) is 66.2 Å². The highest BCUT2D eigenvalue weighted by Crippen LogP contribution is 2.24. The molecule has 6 nitrogen and oxygen atoms in total. The lowest BCUT2D eigenvalue weighted by molar-refractivity contribution is -0.116. The van der Waals surface area contributed by atoms with Crippen LogP contribution in [-0.4, -0.2) is 23.5 Å². The fourth-order valence-corrected chi connectivity index (χ4v) is 3.85. The Morgan fingerprint density at radius 1 is 0.943 bits per heavy atom. The number of hydrogen-bond donors (Lipinski definition) is 3. The average molecular weight is 555 g/mol. The standard InChI is InChI=1S/C27H28BrN3O3S/c1-18(2)16-25(32)29-21-9-11-22(12-10-21)30-27(35)31-26(33)23-17-20(28)8-13-24(23)34-15-14-19-6-4-3-5-7-19/h3-13,17-18H,14-16H2,1-2H3,(H,29,32)(H2,30,31,33,35). The third-order valence-corrected chi connectivity index (χ3v) is 5.62. The maximum Gasteiger partial charge on any atom is 0.261 e. The van der Waals surface area contributed by atoms with E-state index in [1.54, 1.807) is 36.4 Å². The Morgan fingerprint density at radius 3 is 2.26 bits per heavy atom. The molecule has 3 aromatic carbocycles. The highest BCUT2D eigenvalue weighted by atomic mass is 79.9. The summed E-state index contributed by atoms with van der Waals surface area (Å²) in [6.07, 6.45) is 1.19. The number of nitrogens with one attached hydrogen (secondary N) is 3. The molecule has 0 bridgehead atoms. The van der Waals surface area contributed by atoms with Crippen molar-refractivity contribution < 1.29 is 14.3 Å². The average Bonchev–Trinajstić information content (AvgIpc) is 2.81. The first-order chi connectivity index (χ1) is 16.8. The van der Waals surface area contributed by atoms with Gasteiger partial charge in [0.15, 0.2) is 5.11 Å². The number of amides is 2. The molecule has 3 rings (SSSR count). The fourth-order valence-electron chi connectivity index (χ4n) is 3.28. The van der Waals surface area contributed by atoms with Gasteiger partial charge < -0.3 is 15.4 Å². The second-order valence-electron chi connectivity index (χ2n) is 8.36. The highest BCUT2D eigenvalue weighted by molar-refractivity contribution is 9.10. The van der Waals surface area contributed by atoms with Crippen molar-refractivity contribution in [3.8, 4) is 5.75 Å². The Balaban J connectivity index is 1.56. The zero-order valence-electron chi connectivity index (χ0n) is 19.6. The molecule has 0 saturated heterocycles. The Hall–Kier alpha value is -3.23. The van der Waals surface area contributed by atoms with E-state index in [4.69, 9.17) is 17.0 Å². The minimum absolute atomic E-state index is 0.0284. The summed E-state index contributed by atoms with van der Waals surface area (Å²) in [4.78, 5) is 24.9. The lowest BCUT2D eigenvalue weighted by Gasteiger charge is -2.14. The van der Waals surface area contributed by atoms with E-state index < -0.39 is 0 Å². The zero-order chi connectivity index (χ0) is 25.2. The molecule has 0 aliphatic rings. The Morgan fingerprint density at radius 2 is 1.60 bits per heavy atom. The molecule has 0 aliphatic carbocycles. The summed E-state index contributed by atoms with van der Waals surface area (Å²) < 4.78 is 6.66. The minimum Gasteiger partial charge on any atom is -0.492 e. The van der Waals surface area contributed by atoms with Gasteiger partial charge in [-0.25, -0.2) is 0 Å². The monoisotopic (exact) mass is 553 g/mol. The molecule has 35 heavy (non-hydrogen) atoms. The van der Waals surface area contributed by atoms with E-state index in [9.17, 15) is 9.59 Å². The van der Waals surface area contributed by atoms with Gasteiger partial charge in [-0.1, -0.05) is 60.1 Å². The minimum atomic E-state index is -0.379. The van der Waals surface area contributed by atoms with Crippen LogP contribution in [0, 0.1) is 5.92 Å². The second kappa shape index (κ2) is 13.0. The molecule has 8 heteroatoms. The van der Waals surface area contributed by atoms with Crippen molar-refractivity contribution in [3.05, 3.63) is 88.4 Å². The number of benzene rings is 3. The van der Waals surface area contributed by atoms with Crippen LogP contribution in [0.25, 0.3) is 0 Å². The lowest BCUT2D eigenvalue weighted by atomic mass is 10.1. The molecule has 2 amide bonds. The van der Waals surface area contributed by atoms with E-state index in [2.05, 4.69) is 31.9 Å². The van der Waals surface area contributed by atoms with Crippen LogP contribution < -0.4 is 20.7 Å². The summed E-state index contributed by atoms with van der Waals surface area (Å²) in [6, 6.07) is 22.4. The summed E-state index contributed by atoms with van der Waals surface area (Å²) in [5, 5.41) is 8.70. The molecule has 0 aromatic heterocycles. The van der Waals surface area contributed by atoms with E-state index in [1.165, 1.54) is 0 Å². The van der Waals surface area contributed by atoms with Crippen molar-refractivity contribution in [2.24, 2.45) is 5.92 Å². The third kappa shape index (κ3) is 8.81. The van der Waals surface area contributed by atoms with E-state index in [1.807, 2.05) is 50.2 Å². The van der Waals surface area contributed by atoms with Gasteiger partial charge >= 0.3 is 0 Å². The van der Waals surface area contributed by atoms with E-state index >= 15 is 0 Å². The second-order valence-corrected chi connectivity index (χ2v) is 9.68. The lowest BCUT2D eigenvalue weighted by Crippen LogP contribution is -2.34. The van der Waals surface area contributed by atoms with Crippen LogP contribution in [0.1, 0.15) is 36.2 Å². The van der Waals surface area contributed by atoms with Crippen LogP contribution >= 0.6 is 28.1 Å². The number of carbonyl (C=O) groups is 2. The van der Waals surface area contributed by atoms with Crippen molar-refractivity contribution in [1.29, 1.82) is 0 Å². The summed E-state index contributed by atoms with van der Waals surface area (Å²) >= 11 is 8.74. The van der Waals surface area contributed by atoms with Crippen LogP contribution in [0.2, 0.25) is 0 Å². The normalized spacial score (nSPS) is 10.5. The fraction of sp³-hybridized carbons (Fsp3) is 0.222. The van der Waals surface area contributed by atoms with Gasteiger partial charge in [0.25, 0.3) is 5.91 Å². The smallest absolute Gasteiger partial charge is 0.261 e. The topological polar surface area (TPSA) is 79.5 Å². The Labute approximate surface area is 219 Å². The van der Waals surface area contributed by atoms with Crippen molar-refractivity contribution >= 4 is 56.4 Å². The van der Waals surface area contributed by atoms with Crippen LogP contribution in [0.3, 0.4) is 0 Å². The van der Waals surface area contributed by atoms with Gasteiger partial charge in [0, 0.05) is 28.7 Å². The summed E-state index contributed by atoms with van der Waals surface area (Å²) in [7, 11) is 0. The number of rotatable bonds is 9. The van der Waals surface area contributed by atoms with Gasteiger partial charge in [-0.3, -0.25) is 14.9 Å². The van der Waals surface area contributed by atoms with Crippen LogP contribution in [0.15, 0.2) is 77.3 Å². The molecule has 0 heterocycles.